The SMILES string of the molecule is CCNC(C)c1csc(CSc2ccccc2F)n1. The zero-order valence-electron chi connectivity index (χ0n) is 11.0. The van der Waals surface area contributed by atoms with Gasteiger partial charge in [0.25, 0.3) is 0 Å². The third-order valence-electron chi connectivity index (χ3n) is 2.71. The largest absolute Gasteiger partial charge is 0.309 e. The van der Waals surface area contributed by atoms with Crippen molar-refractivity contribution in [3.63, 3.8) is 0 Å². The number of hydrogen-bond donors (Lipinski definition) is 1. The smallest absolute Gasteiger partial charge is 0.136 e. The van der Waals surface area contributed by atoms with E-state index in [0.29, 0.717) is 10.6 Å². The van der Waals surface area contributed by atoms with Crippen LogP contribution in [0.25, 0.3) is 0 Å². The molecule has 2 nitrogen and oxygen atoms in total. The van der Waals surface area contributed by atoms with Crippen LogP contribution < -0.4 is 5.32 Å². The highest BCUT2D eigenvalue weighted by Gasteiger charge is 2.09. The van der Waals surface area contributed by atoms with Gasteiger partial charge in [0.05, 0.1) is 11.4 Å². The summed E-state index contributed by atoms with van der Waals surface area (Å²) in [5.74, 6) is 0.551. The predicted octanol–water partition coefficient (Wildman–Crippen LogP) is 4.25. The molecule has 5 heteroatoms. The molecule has 2 aromatic rings. The van der Waals surface area contributed by atoms with Crippen molar-refractivity contribution in [1.29, 1.82) is 0 Å². The van der Waals surface area contributed by atoms with Gasteiger partial charge < -0.3 is 5.32 Å². The summed E-state index contributed by atoms with van der Waals surface area (Å²) in [6.07, 6.45) is 0. The highest BCUT2D eigenvalue weighted by atomic mass is 32.2. The molecular weight excluding hydrogens is 279 g/mol. The number of thiazole rings is 1. The van der Waals surface area contributed by atoms with E-state index in [1.807, 2.05) is 6.07 Å². The first-order valence-corrected chi connectivity index (χ1v) is 8.12. The molecule has 0 radical (unpaired) electrons. The molecule has 1 aromatic heterocycles. The first kappa shape index (κ1) is 14.5. The molecule has 1 heterocycles. The molecule has 0 saturated carbocycles. The van der Waals surface area contributed by atoms with Gasteiger partial charge in [0, 0.05) is 16.3 Å². The Hall–Kier alpha value is -0.910. The summed E-state index contributed by atoms with van der Waals surface area (Å²) in [4.78, 5) is 5.27. The van der Waals surface area contributed by atoms with Crippen molar-refractivity contribution < 1.29 is 4.39 Å². The lowest BCUT2D eigenvalue weighted by Crippen LogP contribution is -2.17. The quantitative estimate of drug-likeness (QED) is 0.807. The Morgan fingerprint density at radius 1 is 1.42 bits per heavy atom. The second-order valence-electron chi connectivity index (χ2n) is 4.16. The van der Waals surface area contributed by atoms with E-state index in [0.717, 1.165) is 17.2 Å². The minimum absolute atomic E-state index is 0.162. The third-order valence-corrected chi connectivity index (χ3v) is 4.82. The topological polar surface area (TPSA) is 24.9 Å². The molecular formula is C14H17FN2S2. The van der Waals surface area contributed by atoms with Crippen molar-refractivity contribution in [3.8, 4) is 0 Å². The Bertz CT molecular complexity index is 528. The van der Waals surface area contributed by atoms with Gasteiger partial charge in [-0.2, -0.15) is 0 Å². The Morgan fingerprint density at radius 3 is 2.95 bits per heavy atom. The maximum absolute atomic E-state index is 13.5. The van der Waals surface area contributed by atoms with Crippen LogP contribution in [0.3, 0.4) is 0 Å². The highest BCUT2D eigenvalue weighted by molar-refractivity contribution is 7.98. The average molecular weight is 296 g/mol. The number of benzene rings is 1. The number of rotatable bonds is 6. The normalized spacial score (nSPS) is 12.6. The zero-order valence-corrected chi connectivity index (χ0v) is 12.7. The molecule has 0 saturated heterocycles. The Balaban J connectivity index is 1.95. The summed E-state index contributed by atoms with van der Waals surface area (Å²) >= 11 is 3.13. The van der Waals surface area contributed by atoms with E-state index < -0.39 is 0 Å². The van der Waals surface area contributed by atoms with Crippen LogP contribution >= 0.6 is 23.1 Å². The van der Waals surface area contributed by atoms with Crippen molar-refractivity contribution in [2.24, 2.45) is 0 Å². The summed E-state index contributed by atoms with van der Waals surface area (Å²) in [5.41, 5.74) is 1.07. The summed E-state index contributed by atoms with van der Waals surface area (Å²) < 4.78 is 13.5. The van der Waals surface area contributed by atoms with Gasteiger partial charge >= 0.3 is 0 Å². The number of nitrogens with one attached hydrogen (secondary N) is 1. The molecule has 0 bridgehead atoms. The third kappa shape index (κ3) is 4.03. The molecule has 1 N–H and O–H groups in total. The Kier molecular flexibility index (Phi) is 5.36. The molecule has 0 spiro atoms. The number of nitrogens with zero attached hydrogens (tertiary/aromatic N) is 1. The van der Waals surface area contributed by atoms with E-state index in [2.05, 4.69) is 29.5 Å². The fourth-order valence-corrected chi connectivity index (χ4v) is 3.55. The van der Waals surface area contributed by atoms with Crippen LogP contribution in [0.4, 0.5) is 4.39 Å². The standard InChI is InChI=1S/C14H17FN2S2/c1-3-16-10(2)12-8-19-14(17-12)9-18-13-7-5-4-6-11(13)15/h4-8,10,16H,3,9H2,1-2H3. The van der Waals surface area contributed by atoms with Crippen LogP contribution in [-0.4, -0.2) is 11.5 Å². The predicted molar refractivity (Wildman–Crippen MR) is 80.2 cm³/mol. The van der Waals surface area contributed by atoms with Crippen LogP contribution in [0, 0.1) is 5.82 Å². The minimum atomic E-state index is -0.162. The number of hydrogen-bond acceptors (Lipinski definition) is 4. The van der Waals surface area contributed by atoms with E-state index >= 15 is 0 Å². The molecule has 0 aliphatic rings. The van der Waals surface area contributed by atoms with Gasteiger partial charge in [-0.15, -0.1) is 23.1 Å². The van der Waals surface area contributed by atoms with Gasteiger partial charge in [0.2, 0.25) is 0 Å². The molecule has 1 atom stereocenters. The first-order valence-electron chi connectivity index (χ1n) is 6.25. The fourth-order valence-electron chi connectivity index (χ4n) is 1.70. The van der Waals surface area contributed by atoms with Gasteiger partial charge in [-0.1, -0.05) is 19.1 Å². The van der Waals surface area contributed by atoms with Crippen molar-refractivity contribution >= 4 is 23.1 Å². The molecule has 0 amide bonds. The lowest BCUT2D eigenvalue weighted by molar-refractivity contribution is 0.585. The molecule has 2 rings (SSSR count). The summed E-state index contributed by atoms with van der Waals surface area (Å²) in [5, 5.41) is 6.44. The highest BCUT2D eigenvalue weighted by Crippen LogP contribution is 2.27. The van der Waals surface area contributed by atoms with Gasteiger partial charge in [0.15, 0.2) is 0 Å². The van der Waals surface area contributed by atoms with Crippen molar-refractivity contribution in [1.82, 2.24) is 10.3 Å². The average Bonchev–Trinajstić information content (AvgIpc) is 2.87. The first-order chi connectivity index (χ1) is 9.20. The summed E-state index contributed by atoms with van der Waals surface area (Å²) in [6, 6.07) is 7.12. The lowest BCUT2D eigenvalue weighted by Gasteiger charge is -2.08. The monoisotopic (exact) mass is 296 g/mol. The van der Waals surface area contributed by atoms with Crippen molar-refractivity contribution in [3.05, 3.63) is 46.2 Å². The van der Waals surface area contributed by atoms with Gasteiger partial charge in [-0.05, 0) is 25.6 Å². The molecule has 102 valence electrons. The summed E-state index contributed by atoms with van der Waals surface area (Å²) in [7, 11) is 0. The van der Waals surface area contributed by atoms with E-state index in [1.54, 1.807) is 23.5 Å². The van der Waals surface area contributed by atoms with E-state index in [4.69, 9.17) is 0 Å². The van der Waals surface area contributed by atoms with Crippen LogP contribution in [0.5, 0.6) is 0 Å². The number of aromatic nitrogens is 1. The van der Waals surface area contributed by atoms with Crippen molar-refractivity contribution in [2.45, 2.75) is 30.5 Å². The van der Waals surface area contributed by atoms with E-state index in [9.17, 15) is 4.39 Å². The number of thioether (sulfide) groups is 1. The molecule has 1 unspecified atom stereocenters. The molecule has 0 aliphatic heterocycles. The number of halogens is 1. The minimum Gasteiger partial charge on any atom is -0.309 e. The fraction of sp³-hybridized carbons (Fsp3) is 0.357. The molecule has 0 fully saturated rings. The van der Waals surface area contributed by atoms with Gasteiger partial charge in [-0.3, -0.25) is 0 Å². The van der Waals surface area contributed by atoms with Crippen LogP contribution in [-0.2, 0) is 5.75 Å². The van der Waals surface area contributed by atoms with Gasteiger partial charge in [0.1, 0.15) is 10.8 Å². The van der Waals surface area contributed by atoms with E-state index in [1.165, 1.54) is 17.8 Å². The molecule has 0 aliphatic carbocycles. The Labute approximate surface area is 121 Å². The molecule has 1 aromatic carbocycles. The lowest BCUT2D eigenvalue weighted by atomic mass is 10.2. The Morgan fingerprint density at radius 2 is 2.21 bits per heavy atom. The zero-order chi connectivity index (χ0) is 13.7. The summed E-state index contributed by atoms with van der Waals surface area (Å²) in [6.45, 7) is 5.11. The van der Waals surface area contributed by atoms with E-state index in [-0.39, 0.29) is 11.9 Å². The second-order valence-corrected chi connectivity index (χ2v) is 6.12. The van der Waals surface area contributed by atoms with Crippen molar-refractivity contribution in [2.75, 3.05) is 6.54 Å². The van der Waals surface area contributed by atoms with Crippen LogP contribution in [0.2, 0.25) is 0 Å². The maximum atomic E-state index is 13.5. The van der Waals surface area contributed by atoms with Crippen LogP contribution in [0.1, 0.15) is 30.6 Å². The molecule has 19 heavy (non-hydrogen) atoms. The van der Waals surface area contributed by atoms with Gasteiger partial charge in [-0.25, -0.2) is 9.37 Å². The van der Waals surface area contributed by atoms with Crippen LogP contribution in [0.15, 0.2) is 34.5 Å². The maximum Gasteiger partial charge on any atom is 0.136 e. The second kappa shape index (κ2) is 7.03.